The molecule has 0 heterocycles. The number of allylic oxidation sites excluding steroid dienone is 2. The molecular formula is C14H20O4. The zero-order valence-corrected chi connectivity index (χ0v) is 11.2. The first-order valence-corrected chi connectivity index (χ1v) is 5.73. The highest BCUT2D eigenvalue weighted by atomic mass is 16.5. The molecule has 2 N–H and O–H groups in total. The molecule has 1 rings (SSSR count). The van der Waals surface area contributed by atoms with Gasteiger partial charge in [-0.15, -0.1) is 0 Å². The lowest BCUT2D eigenvalue weighted by molar-refractivity contribution is 0.0794. The van der Waals surface area contributed by atoms with Gasteiger partial charge in [-0.25, -0.2) is 0 Å². The van der Waals surface area contributed by atoms with E-state index >= 15 is 0 Å². The van der Waals surface area contributed by atoms with Gasteiger partial charge in [-0.1, -0.05) is 11.6 Å². The minimum atomic E-state index is -0.913. The molecule has 18 heavy (non-hydrogen) atoms. The number of aliphatic hydroxyl groups is 2. The molecule has 0 fully saturated rings. The summed E-state index contributed by atoms with van der Waals surface area (Å²) in [5, 5.41) is 20.3. The van der Waals surface area contributed by atoms with Gasteiger partial charge in [0.05, 0.1) is 14.2 Å². The van der Waals surface area contributed by atoms with E-state index in [1.54, 1.807) is 19.9 Å². The lowest BCUT2D eigenvalue weighted by Crippen LogP contribution is -2.31. The van der Waals surface area contributed by atoms with Crippen LogP contribution in [-0.4, -0.2) is 36.6 Å². The van der Waals surface area contributed by atoms with Crippen LogP contribution in [0, 0.1) is 6.92 Å². The summed E-state index contributed by atoms with van der Waals surface area (Å²) in [5.41, 5.74) is 2.01. The van der Waals surface area contributed by atoms with Gasteiger partial charge in [0.25, 0.3) is 0 Å². The zero-order chi connectivity index (χ0) is 13.9. The second-order valence-electron chi connectivity index (χ2n) is 4.30. The summed E-state index contributed by atoms with van der Waals surface area (Å²) in [4.78, 5) is 0. The van der Waals surface area contributed by atoms with Gasteiger partial charge in [0.2, 0.25) is 0 Å². The molecule has 1 aliphatic carbocycles. The van der Waals surface area contributed by atoms with Gasteiger partial charge in [-0.2, -0.15) is 0 Å². The Bertz CT molecular complexity index is 400. The molecule has 0 aromatic carbocycles. The van der Waals surface area contributed by atoms with Crippen molar-refractivity contribution in [3.05, 3.63) is 41.2 Å². The standard InChI is InChI=1S/C14H20O4/c1-8(2)6-7-10-9(3)11(15)13(17-4)14(18-5)12(10)16/h1,6,11-12,15-16H,7H2,2-5H3. The quantitative estimate of drug-likeness (QED) is 0.746. The summed E-state index contributed by atoms with van der Waals surface area (Å²) in [7, 11) is 2.87. The SMILES string of the molecule is [CH]C(C)=CCC1=C(C)C(O)C(OC)=C(OC)C1O. The third kappa shape index (κ3) is 2.76. The third-order valence-corrected chi connectivity index (χ3v) is 3.07. The number of ether oxygens (including phenoxy) is 2. The average Bonchev–Trinajstić information content (AvgIpc) is 2.32. The first-order chi connectivity index (χ1) is 8.43. The van der Waals surface area contributed by atoms with E-state index < -0.39 is 12.2 Å². The molecule has 0 aromatic heterocycles. The predicted octanol–water partition coefficient (Wildman–Crippen LogP) is 1.59. The number of hydrogen-bond acceptors (Lipinski definition) is 4. The van der Waals surface area contributed by atoms with Crippen molar-refractivity contribution in [3.63, 3.8) is 0 Å². The Balaban J connectivity index is 3.13. The molecule has 1 aliphatic rings. The van der Waals surface area contributed by atoms with E-state index in [2.05, 4.69) is 0 Å². The number of methoxy groups -OCH3 is 2. The van der Waals surface area contributed by atoms with Crippen LogP contribution in [0.1, 0.15) is 20.3 Å². The summed E-state index contributed by atoms with van der Waals surface area (Å²) >= 11 is 0. The van der Waals surface area contributed by atoms with Crippen LogP contribution < -0.4 is 0 Å². The van der Waals surface area contributed by atoms with Crippen LogP contribution in [0.25, 0.3) is 0 Å². The Morgan fingerprint density at radius 2 is 1.72 bits per heavy atom. The number of aliphatic hydroxyl groups excluding tert-OH is 2. The van der Waals surface area contributed by atoms with Gasteiger partial charge < -0.3 is 19.7 Å². The second-order valence-corrected chi connectivity index (χ2v) is 4.30. The summed E-state index contributed by atoms with van der Waals surface area (Å²) in [6.07, 6.45) is 0.453. The van der Waals surface area contributed by atoms with Crippen molar-refractivity contribution in [1.82, 2.24) is 0 Å². The number of hydrogen-bond donors (Lipinski definition) is 2. The molecule has 100 valence electrons. The van der Waals surface area contributed by atoms with Crippen LogP contribution in [0.15, 0.2) is 34.3 Å². The molecule has 0 spiro atoms. The van der Waals surface area contributed by atoms with Crippen LogP contribution in [0.2, 0.25) is 0 Å². The highest BCUT2D eigenvalue weighted by molar-refractivity contribution is 5.39. The molecule has 4 nitrogen and oxygen atoms in total. The molecule has 2 radical (unpaired) electrons. The van der Waals surface area contributed by atoms with E-state index in [-0.39, 0.29) is 11.5 Å². The maximum Gasteiger partial charge on any atom is 0.169 e. The Morgan fingerprint density at radius 1 is 1.22 bits per heavy atom. The summed E-state index contributed by atoms with van der Waals surface area (Å²) in [6, 6.07) is 0. The van der Waals surface area contributed by atoms with Crippen LogP contribution >= 0.6 is 0 Å². The van der Waals surface area contributed by atoms with E-state index in [0.717, 1.165) is 0 Å². The van der Waals surface area contributed by atoms with Crippen LogP contribution in [0.3, 0.4) is 0 Å². The van der Waals surface area contributed by atoms with Crippen molar-refractivity contribution in [2.75, 3.05) is 14.2 Å². The minimum Gasteiger partial charge on any atom is -0.494 e. The molecule has 0 aromatic rings. The molecule has 4 heteroatoms. The monoisotopic (exact) mass is 252 g/mol. The molecule has 0 bridgehead atoms. The van der Waals surface area contributed by atoms with Gasteiger partial charge in [0, 0.05) is 0 Å². The summed E-state index contributed by atoms with van der Waals surface area (Å²) in [5.74, 6) is 0.494. The minimum absolute atomic E-state index is 0.244. The van der Waals surface area contributed by atoms with Crippen molar-refractivity contribution < 1.29 is 19.7 Å². The van der Waals surface area contributed by atoms with Crippen LogP contribution in [0.5, 0.6) is 0 Å². The van der Waals surface area contributed by atoms with E-state index in [4.69, 9.17) is 16.4 Å². The van der Waals surface area contributed by atoms with Gasteiger partial charge in [-0.3, -0.25) is 0 Å². The van der Waals surface area contributed by atoms with Crippen molar-refractivity contribution >= 4 is 0 Å². The zero-order valence-electron chi connectivity index (χ0n) is 11.2. The van der Waals surface area contributed by atoms with Crippen molar-refractivity contribution in [2.24, 2.45) is 0 Å². The van der Waals surface area contributed by atoms with Gasteiger partial charge >= 0.3 is 0 Å². The fourth-order valence-corrected chi connectivity index (χ4v) is 1.98. The van der Waals surface area contributed by atoms with E-state index in [9.17, 15) is 10.2 Å². The highest BCUT2D eigenvalue weighted by Gasteiger charge is 2.34. The molecule has 0 amide bonds. The van der Waals surface area contributed by atoms with Gasteiger partial charge in [0.15, 0.2) is 11.5 Å². The molecule has 0 saturated heterocycles. The van der Waals surface area contributed by atoms with E-state index in [1.807, 2.05) is 0 Å². The average molecular weight is 252 g/mol. The number of rotatable bonds is 4. The molecule has 2 atom stereocenters. The third-order valence-electron chi connectivity index (χ3n) is 3.07. The first kappa shape index (κ1) is 14.8. The fraction of sp³-hybridized carbons (Fsp3) is 0.500. The van der Waals surface area contributed by atoms with E-state index in [0.29, 0.717) is 23.1 Å². The van der Waals surface area contributed by atoms with Gasteiger partial charge in [-0.05, 0) is 38.3 Å². The lowest BCUT2D eigenvalue weighted by atomic mass is 9.88. The molecular weight excluding hydrogens is 232 g/mol. The van der Waals surface area contributed by atoms with Crippen molar-refractivity contribution in [1.29, 1.82) is 0 Å². The lowest BCUT2D eigenvalue weighted by Gasteiger charge is -2.30. The second kappa shape index (κ2) is 6.07. The summed E-state index contributed by atoms with van der Waals surface area (Å²) < 4.78 is 10.2. The molecule has 0 saturated carbocycles. The van der Waals surface area contributed by atoms with Crippen molar-refractivity contribution in [3.8, 4) is 0 Å². The summed E-state index contributed by atoms with van der Waals surface area (Å²) in [6.45, 7) is 9.11. The Hall–Kier alpha value is -1.26. The largest absolute Gasteiger partial charge is 0.494 e. The maximum absolute atomic E-state index is 10.2. The van der Waals surface area contributed by atoms with Crippen LogP contribution in [-0.2, 0) is 9.47 Å². The van der Waals surface area contributed by atoms with Crippen molar-refractivity contribution in [2.45, 2.75) is 32.5 Å². The van der Waals surface area contributed by atoms with Crippen LogP contribution in [0.4, 0.5) is 0 Å². The Morgan fingerprint density at radius 3 is 2.17 bits per heavy atom. The Labute approximate surface area is 108 Å². The molecule has 0 aliphatic heterocycles. The smallest absolute Gasteiger partial charge is 0.169 e. The van der Waals surface area contributed by atoms with E-state index in [1.165, 1.54) is 14.2 Å². The fourth-order valence-electron chi connectivity index (χ4n) is 1.98. The molecule has 2 unspecified atom stereocenters. The topological polar surface area (TPSA) is 58.9 Å². The predicted molar refractivity (Wildman–Crippen MR) is 68.4 cm³/mol. The first-order valence-electron chi connectivity index (χ1n) is 5.73. The highest BCUT2D eigenvalue weighted by Crippen LogP contribution is 2.33. The maximum atomic E-state index is 10.2. The van der Waals surface area contributed by atoms with Gasteiger partial charge in [0.1, 0.15) is 12.2 Å². The normalized spacial score (nSPS) is 25.6. The Kier molecular flexibility index (Phi) is 4.99.